The van der Waals surface area contributed by atoms with Crippen LogP contribution in [0.15, 0.2) is 16.9 Å². The van der Waals surface area contributed by atoms with E-state index in [1.54, 1.807) is 0 Å². The molecule has 0 saturated heterocycles. The van der Waals surface area contributed by atoms with Gasteiger partial charge < -0.3 is 0 Å². The predicted octanol–water partition coefficient (Wildman–Crippen LogP) is 3.11. The van der Waals surface area contributed by atoms with Crippen LogP contribution in [0.2, 0.25) is 0 Å². The lowest BCUT2D eigenvalue weighted by molar-refractivity contribution is 0.819. The van der Waals surface area contributed by atoms with Crippen LogP contribution in [0.5, 0.6) is 0 Å². The fraction of sp³-hybridized carbons (Fsp3) is 0.500. The first kappa shape index (κ1) is 8.24. The van der Waals surface area contributed by atoms with Crippen LogP contribution in [0.1, 0.15) is 24.0 Å². The van der Waals surface area contributed by atoms with Crippen molar-refractivity contribution >= 4 is 15.9 Å². The first-order chi connectivity index (χ1) is 5.77. The molecule has 0 amide bonds. The Morgan fingerprint density at radius 3 is 2.92 bits per heavy atom. The summed E-state index contributed by atoms with van der Waals surface area (Å²) in [6.07, 6.45) is 7.90. The second-order valence-corrected chi connectivity index (χ2v) is 4.41. The van der Waals surface area contributed by atoms with Gasteiger partial charge in [-0.15, -0.1) is 0 Å². The van der Waals surface area contributed by atoms with Crippen LogP contribution in [0.3, 0.4) is 0 Å². The molecule has 0 atom stereocenters. The van der Waals surface area contributed by atoms with E-state index in [1.165, 1.54) is 30.4 Å². The predicted molar refractivity (Wildman–Crippen MR) is 53.1 cm³/mol. The Labute approximate surface area is 81.3 Å². The van der Waals surface area contributed by atoms with E-state index in [4.69, 9.17) is 0 Å². The van der Waals surface area contributed by atoms with E-state index < -0.39 is 0 Å². The lowest BCUT2D eigenvalue weighted by Gasteiger charge is -2.04. The minimum Gasteiger partial charge on any atom is -0.263 e. The lowest BCUT2D eigenvalue weighted by atomic mass is 10.1. The van der Waals surface area contributed by atoms with E-state index in [0.29, 0.717) is 0 Å². The number of nitrogens with zero attached hydrogens (tertiary/aromatic N) is 1. The Hall–Kier alpha value is -0.370. The summed E-state index contributed by atoms with van der Waals surface area (Å²) >= 11 is 3.49. The second kappa shape index (κ2) is 3.17. The van der Waals surface area contributed by atoms with E-state index >= 15 is 0 Å². The highest BCUT2D eigenvalue weighted by atomic mass is 79.9. The van der Waals surface area contributed by atoms with Crippen molar-refractivity contribution in [1.29, 1.82) is 0 Å². The summed E-state index contributed by atoms with van der Waals surface area (Å²) in [5, 5.41) is 0. The zero-order valence-corrected chi connectivity index (χ0v) is 8.76. The van der Waals surface area contributed by atoms with E-state index in [9.17, 15) is 0 Å². The Morgan fingerprint density at radius 2 is 2.25 bits per heavy atom. The van der Waals surface area contributed by atoms with Gasteiger partial charge in [0.15, 0.2) is 0 Å². The van der Waals surface area contributed by atoms with Gasteiger partial charge in [-0.2, -0.15) is 0 Å². The fourth-order valence-corrected chi connectivity index (χ4v) is 1.75. The lowest BCUT2D eigenvalue weighted by Crippen LogP contribution is -1.93. The van der Waals surface area contributed by atoms with E-state index in [2.05, 4.69) is 27.8 Å². The molecule has 2 rings (SSSR count). The number of rotatable bonds is 2. The Morgan fingerprint density at radius 1 is 1.50 bits per heavy atom. The summed E-state index contributed by atoms with van der Waals surface area (Å²) in [6.45, 7) is 2.16. The molecule has 1 aliphatic rings. The molecule has 1 aliphatic carbocycles. The van der Waals surface area contributed by atoms with Gasteiger partial charge in [-0.3, -0.25) is 4.98 Å². The molecule has 0 unspecified atom stereocenters. The Bertz CT molecular complexity index is 292. The molecule has 1 fully saturated rings. The number of hydrogen-bond acceptors (Lipinski definition) is 1. The SMILES string of the molecule is Cc1c(Br)cncc1CC1CC1. The summed E-state index contributed by atoms with van der Waals surface area (Å²) in [5.41, 5.74) is 2.77. The molecule has 0 radical (unpaired) electrons. The fourth-order valence-electron chi connectivity index (χ4n) is 1.38. The van der Waals surface area contributed by atoms with E-state index in [0.717, 1.165) is 10.4 Å². The van der Waals surface area contributed by atoms with Gasteiger partial charge in [-0.25, -0.2) is 0 Å². The van der Waals surface area contributed by atoms with Gasteiger partial charge in [0.05, 0.1) is 0 Å². The zero-order chi connectivity index (χ0) is 8.55. The molecule has 1 nitrogen and oxygen atoms in total. The third kappa shape index (κ3) is 1.69. The highest BCUT2D eigenvalue weighted by Crippen LogP contribution is 2.34. The summed E-state index contributed by atoms with van der Waals surface area (Å²) in [6, 6.07) is 0. The Kier molecular flexibility index (Phi) is 2.18. The van der Waals surface area contributed by atoms with Gasteiger partial charge in [0, 0.05) is 16.9 Å². The van der Waals surface area contributed by atoms with Crippen LogP contribution in [-0.2, 0) is 6.42 Å². The standard InChI is InChI=1S/C10H12BrN/c1-7-9(4-8-2-3-8)5-12-6-10(7)11/h5-6,8H,2-4H2,1H3. The number of pyridine rings is 1. The second-order valence-electron chi connectivity index (χ2n) is 3.55. The molecular weight excluding hydrogens is 214 g/mol. The van der Waals surface area contributed by atoms with Crippen molar-refractivity contribution in [2.24, 2.45) is 5.92 Å². The molecular formula is C10H12BrN. The average Bonchev–Trinajstić information content (AvgIpc) is 2.83. The largest absolute Gasteiger partial charge is 0.263 e. The van der Waals surface area contributed by atoms with Crippen LogP contribution in [0.25, 0.3) is 0 Å². The topological polar surface area (TPSA) is 12.9 Å². The first-order valence-corrected chi connectivity index (χ1v) is 5.15. The van der Waals surface area contributed by atoms with E-state index in [1.807, 2.05) is 12.4 Å². The summed E-state index contributed by atoms with van der Waals surface area (Å²) in [4.78, 5) is 4.18. The summed E-state index contributed by atoms with van der Waals surface area (Å²) in [7, 11) is 0. The van der Waals surface area contributed by atoms with Gasteiger partial charge in [-0.05, 0) is 59.2 Å². The van der Waals surface area contributed by atoms with Crippen molar-refractivity contribution in [3.63, 3.8) is 0 Å². The summed E-state index contributed by atoms with van der Waals surface area (Å²) in [5.74, 6) is 0.944. The van der Waals surface area contributed by atoms with Crippen molar-refractivity contribution < 1.29 is 0 Å². The normalized spacial score (nSPS) is 16.5. The average molecular weight is 226 g/mol. The van der Waals surface area contributed by atoms with Gasteiger partial charge >= 0.3 is 0 Å². The quantitative estimate of drug-likeness (QED) is 0.754. The van der Waals surface area contributed by atoms with Crippen LogP contribution in [0, 0.1) is 12.8 Å². The van der Waals surface area contributed by atoms with Gasteiger partial charge in [-0.1, -0.05) is 0 Å². The van der Waals surface area contributed by atoms with Gasteiger partial charge in [0.2, 0.25) is 0 Å². The molecule has 64 valence electrons. The highest BCUT2D eigenvalue weighted by Gasteiger charge is 2.22. The summed E-state index contributed by atoms with van der Waals surface area (Å²) < 4.78 is 1.14. The maximum Gasteiger partial charge on any atom is 0.0413 e. The van der Waals surface area contributed by atoms with Crippen molar-refractivity contribution in [1.82, 2.24) is 4.98 Å². The highest BCUT2D eigenvalue weighted by molar-refractivity contribution is 9.10. The molecule has 1 saturated carbocycles. The molecule has 0 N–H and O–H groups in total. The molecule has 2 heteroatoms. The molecule has 1 aromatic rings. The third-order valence-electron chi connectivity index (χ3n) is 2.46. The molecule has 0 spiro atoms. The minimum atomic E-state index is 0.944. The smallest absolute Gasteiger partial charge is 0.0413 e. The molecule has 0 bridgehead atoms. The van der Waals surface area contributed by atoms with Crippen LogP contribution >= 0.6 is 15.9 Å². The molecule has 12 heavy (non-hydrogen) atoms. The first-order valence-electron chi connectivity index (χ1n) is 4.36. The maximum absolute atomic E-state index is 4.18. The van der Waals surface area contributed by atoms with E-state index in [-0.39, 0.29) is 0 Å². The maximum atomic E-state index is 4.18. The van der Waals surface area contributed by atoms with Gasteiger partial charge in [0.25, 0.3) is 0 Å². The van der Waals surface area contributed by atoms with Gasteiger partial charge in [0.1, 0.15) is 0 Å². The van der Waals surface area contributed by atoms with Crippen LogP contribution in [0.4, 0.5) is 0 Å². The minimum absolute atomic E-state index is 0.944. The number of halogens is 1. The molecule has 0 aromatic carbocycles. The van der Waals surface area contributed by atoms with Crippen molar-refractivity contribution in [3.05, 3.63) is 28.0 Å². The van der Waals surface area contributed by atoms with Crippen molar-refractivity contribution in [2.45, 2.75) is 26.2 Å². The zero-order valence-electron chi connectivity index (χ0n) is 7.18. The Balaban J connectivity index is 2.23. The van der Waals surface area contributed by atoms with Crippen LogP contribution in [-0.4, -0.2) is 4.98 Å². The van der Waals surface area contributed by atoms with Crippen molar-refractivity contribution in [3.8, 4) is 0 Å². The molecule has 0 aliphatic heterocycles. The van der Waals surface area contributed by atoms with Crippen LogP contribution < -0.4 is 0 Å². The van der Waals surface area contributed by atoms with Crippen molar-refractivity contribution in [2.75, 3.05) is 0 Å². The molecule has 1 aromatic heterocycles. The molecule has 1 heterocycles. The third-order valence-corrected chi connectivity index (χ3v) is 3.26. The number of aromatic nitrogens is 1. The monoisotopic (exact) mass is 225 g/mol. The number of hydrogen-bond donors (Lipinski definition) is 0.